The second kappa shape index (κ2) is 4.92. The molecule has 1 aliphatic heterocycles. The van der Waals surface area contributed by atoms with Crippen LogP contribution in [-0.4, -0.2) is 0 Å². The summed E-state index contributed by atoms with van der Waals surface area (Å²) in [6, 6.07) is 8.56. The largest absolute Gasteiger partial charge is 0.135 e. The summed E-state index contributed by atoms with van der Waals surface area (Å²) in [5.41, 5.74) is 2.83. The SMILES string of the molecule is S/C1=C(\S)SCc2ccccc2CS1. The van der Waals surface area contributed by atoms with Crippen LogP contribution in [0.15, 0.2) is 32.7 Å². The molecule has 0 fully saturated rings. The fourth-order valence-electron chi connectivity index (χ4n) is 1.25. The molecule has 0 unspecified atom stereocenters. The van der Waals surface area contributed by atoms with Crippen LogP contribution in [0.4, 0.5) is 0 Å². The second-order valence-electron chi connectivity index (χ2n) is 2.96. The average Bonchev–Trinajstić information content (AvgIpc) is 2.21. The zero-order chi connectivity index (χ0) is 9.97. The van der Waals surface area contributed by atoms with E-state index in [4.69, 9.17) is 0 Å². The van der Waals surface area contributed by atoms with Gasteiger partial charge in [0, 0.05) is 11.5 Å². The van der Waals surface area contributed by atoms with Crippen molar-refractivity contribution < 1.29 is 0 Å². The summed E-state index contributed by atoms with van der Waals surface area (Å²) in [4.78, 5) is 0. The third-order valence-corrected chi connectivity index (χ3v) is 5.73. The third-order valence-electron chi connectivity index (χ3n) is 2.03. The molecule has 1 aliphatic rings. The molecule has 0 bridgehead atoms. The number of hydrogen-bond acceptors (Lipinski definition) is 4. The van der Waals surface area contributed by atoms with E-state index < -0.39 is 0 Å². The van der Waals surface area contributed by atoms with Gasteiger partial charge in [-0.15, -0.1) is 48.8 Å². The molecule has 0 amide bonds. The highest BCUT2D eigenvalue weighted by Crippen LogP contribution is 2.39. The van der Waals surface area contributed by atoms with Crippen LogP contribution in [0.3, 0.4) is 0 Å². The van der Waals surface area contributed by atoms with Crippen LogP contribution >= 0.6 is 48.8 Å². The van der Waals surface area contributed by atoms with Crippen LogP contribution in [0.25, 0.3) is 0 Å². The van der Waals surface area contributed by atoms with E-state index in [1.807, 2.05) is 0 Å². The van der Waals surface area contributed by atoms with Crippen LogP contribution in [0.2, 0.25) is 0 Å². The molecule has 2 rings (SSSR count). The predicted molar refractivity (Wildman–Crippen MR) is 74.0 cm³/mol. The van der Waals surface area contributed by atoms with Gasteiger partial charge < -0.3 is 0 Å². The van der Waals surface area contributed by atoms with Gasteiger partial charge in [-0.3, -0.25) is 0 Å². The van der Waals surface area contributed by atoms with Crippen molar-refractivity contribution in [2.75, 3.05) is 0 Å². The van der Waals surface area contributed by atoms with E-state index in [0.717, 1.165) is 20.0 Å². The van der Waals surface area contributed by atoms with Gasteiger partial charge in [-0.2, -0.15) is 0 Å². The monoisotopic (exact) mass is 258 g/mol. The molecule has 1 aromatic rings. The van der Waals surface area contributed by atoms with Gasteiger partial charge in [-0.25, -0.2) is 0 Å². The highest BCUT2D eigenvalue weighted by molar-refractivity contribution is 8.21. The van der Waals surface area contributed by atoms with Crippen molar-refractivity contribution in [1.82, 2.24) is 0 Å². The Kier molecular flexibility index (Phi) is 3.82. The Morgan fingerprint density at radius 1 is 0.857 bits per heavy atom. The van der Waals surface area contributed by atoms with Crippen molar-refractivity contribution in [3.63, 3.8) is 0 Å². The Morgan fingerprint density at radius 3 is 1.71 bits per heavy atom. The molecule has 0 aliphatic carbocycles. The van der Waals surface area contributed by atoms with Gasteiger partial charge >= 0.3 is 0 Å². The van der Waals surface area contributed by atoms with E-state index in [-0.39, 0.29) is 0 Å². The standard InChI is InChI=1S/C10H10S4/c11-9-10(12)14-6-8-4-2-1-3-7(8)5-13-9/h1-4,11-12H,5-6H2/b10-9-. The minimum atomic E-state index is 1.000. The zero-order valence-electron chi connectivity index (χ0n) is 7.43. The Morgan fingerprint density at radius 2 is 1.29 bits per heavy atom. The summed E-state index contributed by atoms with van der Waals surface area (Å²) in [6.45, 7) is 0. The Balaban J connectivity index is 2.28. The molecule has 0 saturated heterocycles. The summed E-state index contributed by atoms with van der Waals surface area (Å²) in [5, 5.41) is 0. The minimum Gasteiger partial charge on any atom is -0.135 e. The van der Waals surface area contributed by atoms with Crippen molar-refractivity contribution >= 4 is 48.8 Å². The summed E-state index contributed by atoms with van der Waals surface area (Å²) < 4.78 is 2.07. The Bertz CT molecular complexity index is 335. The maximum atomic E-state index is 4.41. The smallest absolute Gasteiger partial charge is 0.0572 e. The molecule has 0 aromatic heterocycles. The van der Waals surface area contributed by atoms with Crippen LogP contribution in [0, 0.1) is 0 Å². The second-order valence-corrected chi connectivity index (χ2v) is 6.43. The van der Waals surface area contributed by atoms with E-state index in [0.29, 0.717) is 0 Å². The van der Waals surface area contributed by atoms with Crippen LogP contribution in [-0.2, 0) is 11.5 Å². The maximum Gasteiger partial charge on any atom is 0.0572 e. The van der Waals surface area contributed by atoms with Gasteiger partial charge in [0.15, 0.2) is 0 Å². The van der Waals surface area contributed by atoms with Crippen LogP contribution in [0.1, 0.15) is 11.1 Å². The van der Waals surface area contributed by atoms with Gasteiger partial charge in [-0.05, 0) is 11.1 Å². The van der Waals surface area contributed by atoms with Crippen molar-refractivity contribution in [2.24, 2.45) is 0 Å². The molecule has 1 heterocycles. The number of fused-ring (bicyclic) bond motifs is 1. The molecule has 74 valence electrons. The number of hydrogen-bond donors (Lipinski definition) is 2. The fraction of sp³-hybridized carbons (Fsp3) is 0.200. The quantitative estimate of drug-likeness (QED) is 0.671. The van der Waals surface area contributed by atoms with E-state index in [2.05, 4.69) is 49.5 Å². The number of thiol groups is 2. The Labute approximate surface area is 104 Å². The summed E-state index contributed by atoms with van der Waals surface area (Å²) in [6.07, 6.45) is 0. The van der Waals surface area contributed by atoms with E-state index >= 15 is 0 Å². The summed E-state index contributed by atoms with van der Waals surface area (Å²) in [7, 11) is 0. The number of rotatable bonds is 0. The summed E-state index contributed by atoms with van der Waals surface area (Å²) >= 11 is 12.3. The fourth-order valence-corrected chi connectivity index (χ4v) is 3.78. The first-order valence-corrected chi connectivity index (χ1v) is 7.08. The molecule has 0 atom stereocenters. The molecule has 0 saturated carbocycles. The molecular weight excluding hydrogens is 248 g/mol. The lowest BCUT2D eigenvalue weighted by Gasteiger charge is -2.13. The van der Waals surface area contributed by atoms with Crippen LogP contribution < -0.4 is 0 Å². The van der Waals surface area contributed by atoms with Gasteiger partial charge in [0.2, 0.25) is 0 Å². The van der Waals surface area contributed by atoms with Gasteiger partial charge in [0.05, 0.1) is 8.47 Å². The number of benzene rings is 1. The molecule has 0 nitrogen and oxygen atoms in total. The first kappa shape index (κ1) is 10.9. The van der Waals surface area contributed by atoms with Gasteiger partial charge in [0.25, 0.3) is 0 Å². The lowest BCUT2D eigenvalue weighted by Crippen LogP contribution is -1.92. The van der Waals surface area contributed by atoms with E-state index in [9.17, 15) is 0 Å². The molecule has 0 spiro atoms. The summed E-state index contributed by atoms with van der Waals surface area (Å²) in [5.74, 6) is 2.00. The topological polar surface area (TPSA) is 0 Å². The highest BCUT2D eigenvalue weighted by Gasteiger charge is 2.10. The lowest BCUT2D eigenvalue weighted by atomic mass is 10.1. The number of thioether (sulfide) groups is 2. The predicted octanol–water partition coefficient (Wildman–Crippen LogP) is 4.15. The van der Waals surface area contributed by atoms with E-state index in [1.165, 1.54) is 11.1 Å². The first-order valence-electron chi connectivity index (χ1n) is 4.22. The maximum absolute atomic E-state index is 4.41. The third kappa shape index (κ3) is 2.48. The molecule has 1 aromatic carbocycles. The van der Waals surface area contributed by atoms with Crippen molar-refractivity contribution in [1.29, 1.82) is 0 Å². The normalized spacial score (nSPS) is 22.4. The van der Waals surface area contributed by atoms with E-state index in [1.54, 1.807) is 23.5 Å². The van der Waals surface area contributed by atoms with Gasteiger partial charge in [0.1, 0.15) is 0 Å². The Hall–Kier alpha value is 0.360. The molecular formula is C10H10S4. The minimum absolute atomic E-state index is 1.000. The molecule has 4 heteroatoms. The average molecular weight is 258 g/mol. The van der Waals surface area contributed by atoms with Crippen LogP contribution in [0.5, 0.6) is 0 Å². The van der Waals surface area contributed by atoms with Crippen molar-refractivity contribution in [3.05, 3.63) is 43.9 Å². The zero-order valence-corrected chi connectivity index (χ0v) is 10.9. The molecule has 0 radical (unpaired) electrons. The first-order chi connectivity index (χ1) is 6.77. The lowest BCUT2D eigenvalue weighted by molar-refractivity contribution is 1.28. The van der Waals surface area contributed by atoms with Gasteiger partial charge in [-0.1, -0.05) is 24.3 Å². The highest BCUT2D eigenvalue weighted by atomic mass is 32.2. The van der Waals surface area contributed by atoms with Crippen molar-refractivity contribution in [2.45, 2.75) is 11.5 Å². The molecule has 14 heavy (non-hydrogen) atoms. The molecule has 0 N–H and O–H groups in total. The van der Waals surface area contributed by atoms with Crippen molar-refractivity contribution in [3.8, 4) is 0 Å².